The second-order valence-electron chi connectivity index (χ2n) is 8.01. The first-order valence-corrected chi connectivity index (χ1v) is 14.0. The second kappa shape index (κ2) is 12.2. The first-order valence-electron chi connectivity index (χ1n) is 10.6. The van der Waals surface area contributed by atoms with E-state index in [0.29, 0.717) is 0 Å². The Balaban J connectivity index is 2.41. The summed E-state index contributed by atoms with van der Waals surface area (Å²) in [4.78, 5) is 27.7. The molecule has 186 valence electrons. The summed E-state index contributed by atoms with van der Waals surface area (Å²) in [6, 6.07) is 10.8. The third kappa shape index (κ3) is 7.86. The van der Waals surface area contributed by atoms with Crippen molar-refractivity contribution in [1.82, 2.24) is 10.2 Å². The zero-order valence-electron chi connectivity index (χ0n) is 19.4. The number of anilines is 1. The summed E-state index contributed by atoms with van der Waals surface area (Å²) in [5.41, 5.74) is 0.982. The van der Waals surface area contributed by atoms with Gasteiger partial charge in [-0.05, 0) is 56.2 Å². The maximum atomic E-state index is 13.5. The lowest BCUT2D eigenvalue weighted by Gasteiger charge is -2.32. The number of nitrogens with zero attached hydrogens (tertiary/aromatic N) is 2. The first-order chi connectivity index (χ1) is 15.8. The van der Waals surface area contributed by atoms with E-state index in [1.54, 1.807) is 6.92 Å². The third-order valence-corrected chi connectivity index (χ3v) is 7.65. The molecule has 0 saturated heterocycles. The summed E-state index contributed by atoms with van der Waals surface area (Å²) in [6.45, 7) is 5.05. The Kier molecular flexibility index (Phi) is 10.2. The van der Waals surface area contributed by atoms with Crippen LogP contribution in [0, 0.1) is 0 Å². The molecule has 0 unspecified atom stereocenters. The molecule has 0 aliphatic carbocycles. The Hall–Kier alpha value is -1.81. The van der Waals surface area contributed by atoms with Crippen molar-refractivity contribution in [2.75, 3.05) is 17.1 Å². The SMILES string of the molecule is CC[C@@H](C)NC(=O)[C@@H](C)N(Cc1cccc(Br)c1)C(=O)CN(c1ccc(Cl)c(Cl)c1)S(C)(=O)=O. The van der Waals surface area contributed by atoms with E-state index in [1.165, 1.54) is 23.1 Å². The average Bonchev–Trinajstić information content (AvgIpc) is 2.76. The molecule has 0 aliphatic rings. The van der Waals surface area contributed by atoms with Crippen molar-refractivity contribution in [3.8, 4) is 0 Å². The minimum atomic E-state index is -3.85. The van der Waals surface area contributed by atoms with Crippen LogP contribution in [-0.2, 0) is 26.2 Å². The van der Waals surface area contributed by atoms with Crippen LogP contribution in [0.3, 0.4) is 0 Å². The number of sulfonamides is 1. The Morgan fingerprint density at radius 2 is 1.76 bits per heavy atom. The molecule has 0 radical (unpaired) electrons. The van der Waals surface area contributed by atoms with E-state index in [0.717, 1.165) is 27.0 Å². The Morgan fingerprint density at radius 1 is 1.09 bits per heavy atom. The lowest BCUT2D eigenvalue weighted by Crippen LogP contribution is -2.52. The van der Waals surface area contributed by atoms with Gasteiger partial charge in [-0.1, -0.05) is 58.2 Å². The summed E-state index contributed by atoms with van der Waals surface area (Å²) < 4.78 is 26.9. The summed E-state index contributed by atoms with van der Waals surface area (Å²) in [7, 11) is -3.85. The number of hydrogen-bond acceptors (Lipinski definition) is 4. The highest BCUT2D eigenvalue weighted by molar-refractivity contribution is 9.10. The maximum Gasteiger partial charge on any atom is 0.244 e. The van der Waals surface area contributed by atoms with Crippen molar-refractivity contribution in [3.05, 3.63) is 62.5 Å². The molecular weight excluding hydrogens is 565 g/mol. The fraction of sp³-hybridized carbons (Fsp3) is 0.391. The monoisotopic (exact) mass is 591 g/mol. The fourth-order valence-corrected chi connectivity index (χ4v) is 4.71. The summed E-state index contributed by atoms with van der Waals surface area (Å²) in [6.07, 6.45) is 1.73. The maximum absolute atomic E-state index is 13.5. The van der Waals surface area contributed by atoms with E-state index in [9.17, 15) is 18.0 Å². The van der Waals surface area contributed by atoms with E-state index in [1.807, 2.05) is 38.1 Å². The van der Waals surface area contributed by atoms with E-state index in [2.05, 4.69) is 21.2 Å². The molecule has 2 rings (SSSR count). The van der Waals surface area contributed by atoms with Gasteiger partial charge in [-0.2, -0.15) is 0 Å². The topological polar surface area (TPSA) is 86.8 Å². The standard InChI is InChI=1S/C23H28BrCl2N3O4S/c1-5-15(2)27-23(31)16(3)28(13-17-7-6-8-18(24)11-17)22(30)14-29(34(4,32)33)19-9-10-20(25)21(26)12-19/h6-12,15-16H,5,13-14H2,1-4H3,(H,27,31)/t15-,16-/m1/s1. The predicted molar refractivity (Wildman–Crippen MR) is 141 cm³/mol. The number of benzene rings is 2. The van der Waals surface area contributed by atoms with Crippen LogP contribution in [0.5, 0.6) is 0 Å². The van der Waals surface area contributed by atoms with Crippen molar-refractivity contribution >= 4 is 66.7 Å². The Morgan fingerprint density at radius 3 is 2.32 bits per heavy atom. The number of halogens is 3. The van der Waals surface area contributed by atoms with E-state index in [-0.39, 0.29) is 34.2 Å². The minimum absolute atomic E-state index is 0.0681. The summed E-state index contributed by atoms with van der Waals surface area (Å²) in [5.74, 6) is -0.860. The normalized spacial score (nSPS) is 13.1. The first kappa shape index (κ1) is 28.4. The van der Waals surface area contributed by atoms with Crippen LogP contribution in [0.15, 0.2) is 46.9 Å². The zero-order chi connectivity index (χ0) is 25.6. The van der Waals surface area contributed by atoms with Crippen molar-refractivity contribution in [2.24, 2.45) is 0 Å². The predicted octanol–water partition coefficient (Wildman–Crippen LogP) is 4.85. The van der Waals surface area contributed by atoms with Gasteiger partial charge in [0, 0.05) is 17.1 Å². The van der Waals surface area contributed by atoms with Crippen molar-refractivity contribution in [1.29, 1.82) is 0 Å². The number of carbonyl (C=O) groups excluding carboxylic acids is 2. The molecule has 7 nitrogen and oxygen atoms in total. The number of nitrogens with one attached hydrogen (secondary N) is 1. The number of hydrogen-bond donors (Lipinski definition) is 1. The molecule has 0 bridgehead atoms. The summed E-state index contributed by atoms with van der Waals surface area (Å²) in [5, 5.41) is 3.31. The molecule has 2 aromatic carbocycles. The van der Waals surface area contributed by atoms with E-state index in [4.69, 9.17) is 23.2 Å². The van der Waals surface area contributed by atoms with Gasteiger partial charge in [0.1, 0.15) is 12.6 Å². The molecule has 11 heteroatoms. The largest absolute Gasteiger partial charge is 0.352 e. The van der Waals surface area contributed by atoms with Crippen molar-refractivity contribution in [3.63, 3.8) is 0 Å². The van der Waals surface area contributed by atoms with Gasteiger partial charge in [0.25, 0.3) is 0 Å². The van der Waals surface area contributed by atoms with Crippen LogP contribution in [0.4, 0.5) is 5.69 Å². The fourth-order valence-electron chi connectivity index (χ4n) is 3.13. The number of rotatable bonds is 10. The average molecular weight is 593 g/mol. The van der Waals surface area contributed by atoms with Crippen LogP contribution >= 0.6 is 39.1 Å². The lowest BCUT2D eigenvalue weighted by atomic mass is 10.1. The van der Waals surface area contributed by atoms with Crippen LogP contribution in [0.25, 0.3) is 0 Å². The molecule has 2 amide bonds. The van der Waals surface area contributed by atoms with Crippen molar-refractivity contribution < 1.29 is 18.0 Å². The highest BCUT2D eigenvalue weighted by atomic mass is 79.9. The lowest BCUT2D eigenvalue weighted by molar-refractivity contribution is -0.139. The zero-order valence-corrected chi connectivity index (χ0v) is 23.3. The molecule has 2 atom stereocenters. The second-order valence-corrected chi connectivity index (χ2v) is 11.7. The van der Waals surface area contributed by atoms with Crippen LogP contribution in [-0.4, -0.2) is 50.0 Å². The smallest absolute Gasteiger partial charge is 0.244 e. The third-order valence-electron chi connectivity index (χ3n) is 5.28. The molecule has 0 aromatic heterocycles. The van der Waals surface area contributed by atoms with Gasteiger partial charge in [-0.25, -0.2) is 8.42 Å². The molecule has 34 heavy (non-hydrogen) atoms. The van der Waals surface area contributed by atoms with Gasteiger partial charge < -0.3 is 10.2 Å². The van der Waals surface area contributed by atoms with Gasteiger partial charge >= 0.3 is 0 Å². The van der Waals surface area contributed by atoms with Crippen molar-refractivity contribution in [2.45, 2.75) is 45.8 Å². The quantitative estimate of drug-likeness (QED) is 0.427. The van der Waals surface area contributed by atoms with Gasteiger partial charge in [0.2, 0.25) is 21.8 Å². The molecule has 2 aromatic rings. The Bertz CT molecular complexity index is 1150. The van der Waals surface area contributed by atoms with Gasteiger partial charge in [0.15, 0.2) is 0 Å². The van der Waals surface area contributed by atoms with Crippen LogP contribution < -0.4 is 9.62 Å². The van der Waals surface area contributed by atoms with Gasteiger partial charge in [-0.3, -0.25) is 13.9 Å². The molecule has 0 heterocycles. The van der Waals surface area contributed by atoms with Crippen LogP contribution in [0.1, 0.15) is 32.8 Å². The molecule has 1 N–H and O–H groups in total. The number of amides is 2. The molecule has 0 aliphatic heterocycles. The molecular formula is C23H28BrCl2N3O4S. The van der Waals surface area contributed by atoms with Gasteiger partial charge in [-0.15, -0.1) is 0 Å². The van der Waals surface area contributed by atoms with E-state index >= 15 is 0 Å². The number of carbonyl (C=O) groups is 2. The van der Waals surface area contributed by atoms with Crippen LogP contribution in [0.2, 0.25) is 10.0 Å². The Labute approximate surface area is 219 Å². The van der Waals surface area contributed by atoms with E-state index < -0.39 is 28.5 Å². The minimum Gasteiger partial charge on any atom is -0.352 e. The molecule has 0 saturated carbocycles. The highest BCUT2D eigenvalue weighted by Crippen LogP contribution is 2.28. The molecule has 0 fully saturated rings. The molecule has 0 spiro atoms. The highest BCUT2D eigenvalue weighted by Gasteiger charge is 2.30. The summed E-state index contributed by atoms with van der Waals surface area (Å²) >= 11 is 15.5. The van der Waals surface area contributed by atoms with Gasteiger partial charge in [0.05, 0.1) is 22.0 Å².